The molecule has 1 rings (SSSR count). The Hall–Kier alpha value is -0.730. The third-order valence-electron chi connectivity index (χ3n) is 3.73. The van der Waals surface area contributed by atoms with E-state index in [2.05, 4.69) is 11.0 Å². The number of piperidine rings is 1. The van der Waals surface area contributed by atoms with Crippen LogP contribution in [0.1, 0.15) is 26.7 Å². The number of hydrogen-bond donors (Lipinski definition) is 0. The number of nitriles is 1. The summed E-state index contributed by atoms with van der Waals surface area (Å²) in [5.74, 6) is 0.202. The van der Waals surface area contributed by atoms with E-state index in [1.165, 1.54) is 0 Å². The molecule has 0 bridgehead atoms. The molecule has 0 spiro atoms. The lowest BCUT2D eigenvalue weighted by Gasteiger charge is -2.36. The van der Waals surface area contributed by atoms with Gasteiger partial charge in [0, 0.05) is 26.2 Å². The molecule has 0 aromatic rings. The lowest BCUT2D eigenvalue weighted by Crippen LogP contribution is -2.46. The van der Waals surface area contributed by atoms with Crippen molar-refractivity contribution in [2.24, 2.45) is 0 Å². The van der Waals surface area contributed by atoms with Gasteiger partial charge in [0.2, 0.25) is 5.91 Å². The van der Waals surface area contributed by atoms with E-state index in [1.807, 2.05) is 25.0 Å². The summed E-state index contributed by atoms with van der Waals surface area (Å²) in [7, 11) is 0. The molecule has 4 nitrogen and oxygen atoms in total. The van der Waals surface area contributed by atoms with Gasteiger partial charge in [-0.15, -0.1) is 11.8 Å². The van der Waals surface area contributed by atoms with E-state index in [-0.39, 0.29) is 10.7 Å². The third kappa shape index (κ3) is 3.63. The minimum atomic E-state index is -0.227. The molecule has 0 N–H and O–H groups in total. The summed E-state index contributed by atoms with van der Waals surface area (Å²) in [6.07, 6.45) is 3.71. The molecule has 1 heterocycles. The largest absolute Gasteiger partial charge is 0.342 e. The fourth-order valence-electron chi connectivity index (χ4n) is 2.30. The van der Waals surface area contributed by atoms with Crippen molar-refractivity contribution in [1.82, 2.24) is 9.80 Å². The minimum Gasteiger partial charge on any atom is -0.342 e. The maximum atomic E-state index is 12.0. The molecular weight excluding hydrogens is 246 g/mol. The maximum absolute atomic E-state index is 12.0. The van der Waals surface area contributed by atoms with E-state index in [0.29, 0.717) is 6.54 Å². The van der Waals surface area contributed by atoms with Gasteiger partial charge in [0.25, 0.3) is 0 Å². The van der Waals surface area contributed by atoms with Crippen LogP contribution in [0.3, 0.4) is 0 Å². The molecule has 18 heavy (non-hydrogen) atoms. The first-order valence-corrected chi connectivity index (χ1v) is 7.79. The highest BCUT2D eigenvalue weighted by atomic mass is 32.2. The highest BCUT2D eigenvalue weighted by molar-refractivity contribution is 8.00. The number of thioether (sulfide) groups is 1. The molecule has 0 atom stereocenters. The molecule has 0 saturated carbocycles. The summed E-state index contributed by atoms with van der Waals surface area (Å²) in [4.78, 5) is 16.0. The molecule has 1 aliphatic heterocycles. The molecule has 1 saturated heterocycles. The van der Waals surface area contributed by atoms with E-state index >= 15 is 0 Å². The van der Waals surface area contributed by atoms with Crippen molar-refractivity contribution in [3.8, 4) is 6.07 Å². The fourth-order valence-corrected chi connectivity index (χ4v) is 2.98. The Balaban J connectivity index is 2.45. The van der Waals surface area contributed by atoms with Gasteiger partial charge in [-0.3, -0.25) is 9.69 Å². The first-order chi connectivity index (χ1) is 8.60. The first kappa shape index (κ1) is 15.3. The number of rotatable bonds is 5. The average molecular weight is 269 g/mol. The van der Waals surface area contributed by atoms with Gasteiger partial charge in [0.15, 0.2) is 0 Å². The zero-order valence-corrected chi connectivity index (χ0v) is 12.4. The van der Waals surface area contributed by atoms with Crippen LogP contribution in [0.5, 0.6) is 0 Å². The molecule has 5 heteroatoms. The van der Waals surface area contributed by atoms with E-state index in [1.54, 1.807) is 11.8 Å². The van der Waals surface area contributed by atoms with Gasteiger partial charge in [0.05, 0.1) is 12.6 Å². The van der Waals surface area contributed by atoms with Crippen LogP contribution < -0.4 is 0 Å². The number of carbonyl (C=O) groups excluding carboxylic acids is 1. The molecule has 0 aromatic carbocycles. The third-order valence-corrected chi connectivity index (χ3v) is 5.01. The van der Waals surface area contributed by atoms with Crippen molar-refractivity contribution in [2.45, 2.75) is 31.4 Å². The Morgan fingerprint density at radius 2 is 1.94 bits per heavy atom. The lowest BCUT2D eigenvalue weighted by molar-refractivity contribution is -0.132. The second kappa shape index (κ2) is 7.01. The van der Waals surface area contributed by atoms with Gasteiger partial charge in [-0.25, -0.2) is 0 Å². The second-order valence-corrected chi connectivity index (χ2v) is 5.84. The monoisotopic (exact) mass is 269 g/mol. The van der Waals surface area contributed by atoms with Gasteiger partial charge < -0.3 is 4.90 Å². The number of likely N-dealkylation sites (N-methyl/N-ethyl adjacent to an activating group) is 1. The Morgan fingerprint density at radius 1 is 1.39 bits per heavy atom. The van der Waals surface area contributed by atoms with Gasteiger partial charge in [-0.2, -0.15) is 5.26 Å². The highest BCUT2D eigenvalue weighted by Crippen LogP contribution is 2.33. The lowest BCUT2D eigenvalue weighted by atomic mass is 9.97. The smallest absolute Gasteiger partial charge is 0.236 e. The van der Waals surface area contributed by atoms with Crippen molar-refractivity contribution in [3.05, 3.63) is 0 Å². The topological polar surface area (TPSA) is 47.3 Å². The molecule has 0 aromatic heterocycles. The minimum absolute atomic E-state index is 0.202. The Morgan fingerprint density at radius 3 is 2.33 bits per heavy atom. The second-order valence-electron chi connectivity index (χ2n) is 4.65. The van der Waals surface area contributed by atoms with Gasteiger partial charge >= 0.3 is 0 Å². The Labute approximate surface area is 114 Å². The molecule has 0 aliphatic carbocycles. The van der Waals surface area contributed by atoms with Crippen LogP contribution in [-0.4, -0.2) is 59.4 Å². The first-order valence-electron chi connectivity index (χ1n) is 6.57. The van der Waals surface area contributed by atoms with Crippen LogP contribution in [-0.2, 0) is 4.79 Å². The van der Waals surface area contributed by atoms with Crippen LogP contribution in [0.15, 0.2) is 0 Å². The summed E-state index contributed by atoms with van der Waals surface area (Å²) in [5, 5.41) is 9.21. The molecule has 102 valence electrons. The van der Waals surface area contributed by atoms with Gasteiger partial charge in [-0.1, -0.05) is 0 Å². The number of likely N-dealkylation sites (tertiary alicyclic amines) is 1. The van der Waals surface area contributed by atoms with Gasteiger partial charge in [0.1, 0.15) is 4.75 Å². The predicted octanol–water partition coefficient (Wildman–Crippen LogP) is 1.58. The normalized spacial score (nSPS) is 19.2. The summed E-state index contributed by atoms with van der Waals surface area (Å²) in [6, 6.07) is 2.43. The maximum Gasteiger partial charge on any atom is 0.236 e. The zero-order chi connectivity index (χ0) is 13.6. The van der Waals surface area contributed by atoms with Crippen molar-refractivity contribution in [1.29, 1.82) is 5.26 Å². The molecular formula is C13H23N3OS. The van der Waals surface area contributed by atoms with Crippen molar-refractivity contribution < 1.29 is 4.79 Å². The fraction of sp³-hybridized carbons (Fsp3) is 0.846. The summed E-state index contributed by atoms with van der Waals surface area (Å²) >= 11 is 1.65. The highest BCUT2D eigenvalue weighted by Gasteiger charge is 2.34. The van der Waals surface area contributed by atoms with Crippen LogP contribution >= 0.6 is 11.8 Å². The standard InChI is InChI=1S/C13H23N3OS/c1-4-16(5-2)12(17)10-15-8-6-13(11-14,18-3)7-9-15/h4-10H2,1-3H3. The molecule has 1 fully saturated rings. The van der Waals surface area contributed by atoms with Gasteiger partial charge in [-0.05, 0) is 32.9 Å². The van der Waals surface area contributed by atoms with Crippen LogP contribution in [0.2, 0.25) is 0 Å². The van der Waals surface area contributed by atoms with Crippen LogP contribution in [0.4, 0.5) is 0 Å². The van der Waals surface area contributed by atoms with Crippen molar-refractivity contribution >= 4 is 17.7 Å². The number of hydrogen-bond acceptors (Lipinski definition) is 4. The summed E-state index contributed by atoms with van der Waals surface area (Å²) < 4.78 is -0.227. The van der Waals surface area contributed by atoms with E-state index in [0.717, 1.165) is 39.0 Å². The van der Waals surface area contributed by atoms with Crippen LogP contribution in [0, 0.1) is 11.3 Å². The van der Waals surface area contributed by atoms with Crippen LogP contribution in [0.25, 0.3) is 0 Å². The Bertz CT molecular complexity index is 315. The SMILES string of the molecule is CCN(CC)C(=O)CN1CCC(C#N)(SC)CC1. The summed E-state index contributed by atoms with van der Waals surface area (Å²) in [5.41, 5.74) is 0. The zero-order valence-electron chi connectivity index (χ0n) is 11.6. The van der Waals surface area contributed by atoms with Crippen molar-refractivity contribution in [3.63, 3.8) is 0 Å². The average Bonchev–Trinajstić information content (AvgIpc) is 2.41. The summed E-state index contributed by atoms with van der Waals surface area (Å²) in [6.45, 7) is 7.75. The van der Waals surface area contributed by atoms with Crippen molar-refractivity contribution in [2.75, 3.05) is 39.0 Å². The Kier molecular flexibility index (Phi) is 5.97. The molecule has 1 amide bonds. The quantitative estimate of drug-likeness (QED) is 0.760. The molecule has 0 radical (unpaired) electrons. The number of nitrogens with zero attached hydrogens (tertiary/aromatic N) is 3. The number of carbonyl (C=O) groups is 1. The molecule has 1 aliphatic rings. The van der Waals surface area contributed by atoms with E-state index in [9.17, 15) is 10.1 Å². The van der Waals surface area contributed by atoms with E-state index in [4.69, 9.17) is 0 Å². The predicted molar refractivity (Wildman–Crippen MR) is 75.5 cm³/mol. The molecule has 0 unspecified atom stereocenters. The number of amides is 1. The van der Waals surface area contributed by atoms with E-state index < -0.39 is 0 Å².